The van der Waals surface area contributed by atoms with Crippen molar-refractivity contribution in [2.75, 3.05) is 7.11 Å². The second-order valence-electron chi connectivity index (χ2n) is 4.92. The van der Waals surface area contributed by atoms with Crippen LogP contribution in [0.25, 0.3) is 10.8 Å². The van der Waals surface area contributed by atoms with Gasteiger partial charge in [-0.25, -0.2) is 0 Å². The molecule has 0 saturated heterocycles. The van der Waals surface area contributed by atoms with Gasteiger partial charge >= 0.3 is 0 Å². The summed E-state index contributed by atoms with van der Waals surface area (Å²) >= 11 is 0. The summed E-state index contributed by atoms with van der Waals surface area (Å²) in [5.74, 6) is 0.952. The molecule has 0 heterocycles. The van der Waals surface area contributed by atoms with Crippen molar-refractivity contribution in [2.24, 2.45) is 5.92 Å². The monoisotopic (exact) mass is 257 g/mol. The number of methoxy groups -OCH3 is 1. The fraction of sp³-hybridized carbons (Fsp3) is 0.312. The number of ether oxygens (including phenoxy) is 1. The van der Waals surface area contributed by atoms with E-state index in [4.69, 9.17) is 4.74 Å². The molecule has 0 atom stereocenters. The van der Waals surface area contributed by atoms with Gasteiger partial charge in [0.05, 0.1) is 7.11 Å². The Hall–Kier alpha value is -2.03. The third-order valence-electron chi connectivity index (χ3n) is 3.10. The molecule has 0 aliphatic carbocycles. The highest BCUT2D eigenvalue weighted by molar-refractivity contribution is 5.84. The summed E-state index contributed by atoms with van der Waals surface area (Å²) in [6, 6.07) is 12.2. The second-order valence-corrected chi connectivity index (χ2v) is 4.92. The van der Waals surface area contributed by atoms with E-state index < -0.39 is 0 Å². The molecular weight excluding hydrogens is 238 g/mol. The summed E-state index contributed by atoms with van der Waals surface area (Å²) in [6.45, 7) is 4.35. The molecule has 1 N–H and O–H groups in total. The van der Waals surface area contributed by atoms with E-state index in [-0.39, 0.29) is 11.8 Å². The van der Waals surface area contributed by atoms with Crippen LogP contribution in [0.3, 0.4) is 0 Å². The molecule has 0 unspecified atom stereocenters. The van der Waals surface area contributed by atoms with E-state index in [1.54, 1.807) is 7.11 Å². The maximum absolute atomic E-state index is 11.5. The number of carbonyl (C=O) groups excluding carboxylic acids is 1. The van der Waals surface area contributed by atoms with Crippen molar-refractivity contribution in [1.29, 1.82) is 0 Å². The van der Waals surface area contributed by atoms with Crippen LogP contribution in [0.1, 0.15) is 19.4 Å². The molecule has 3 heteroatoms. The van der Waals surface area contributed by atoms with E-state index in [1.807, 2.05) is 38.1 Å². The van der Waals surface area contributed by atoms with E-state index in [9.17, 15) is 4.79 Å². The van der Waals surface area contributed by atoms with Crippen molar-refractivity contribution >= 4 is 16.7 Å². The van der Waals surface area contributed by atoms with Crippen molar-refractivity contribution in [3.63, 3.8) is 0 Å². The highest BCUT2D eigenvalue weighted by atomic mass is 16.5. The van der Waals surface area contributed by atoms with Crippen LogP contribution in [-0.4, -0.2) is 13.0 Å². The van der Waals surface area contributed by atoms with Gasteiger partial charge in [0.15, 0.2) is 0 Å². The molecule has 0 aliphatic heterocycles. The van der Waals surface area contributed by atoms with Crippen molar-refractivity contribution in [1.82, 2.24) is 5.32 Å². The summed E-state index contributed by atoms with van der Waals surface area (Å²) in [6.07, 6.45) is 0. The zero-order valence-electron chi connectivity index (χ0n) is 11.6. The number of carbonyl (C=O) groups is 1. The van der Waals surface area contributed by atoms with Crippen LogP contribution in [0.2, 0.25) is 0 Å². The van der Waals surface area contributed by atoms with Gasteiger partial charge in [-0.2, -0.15) is 0 Å². The largest absolute Gasteiger partial charge is 0.497 e. The molecule has 2 rings (SSSR count). The van der Waals surface area contributed by atoms with Gasteiger partial charge in [-0.05, 0) is 34.5 Å². The van der Waals surface area contributed by atoms with Crippen LogP contribution < -0.4 is 10.1 Å². The highest BCUT2D eigenvalue weighted by Crippen LogP contribution is 2.21. The van der Waals surface area contributed by atoms with E-state index in [2.05, 4.69) is 17.4 Å². The molecule has 0 spiro atoms. The Bertz CT molecular complexity index is 590. The first-order chi connectivity index (χ1) is 9.10. The first-order valence-corrected chi connectivity index (χ1v) is 6.44. The first-order valence-electron chi connectivity index (χ1n) is 6.44. The van der Waals surface area contributed by atoms with Crippen molar-refractivity contribution in [2.45, 2.75) is 20.4 Å². The zero-order valence-corrected chi connectivity index (χ0v) is 11.6. The van der Waals surface area contributed by atoms with Crippen LogP contribution in [-0.2, 0) is 11.3 Å². The third kappa shape index (κ3) is 3.25. The van der Waals surface area contributed by atoms with Gasteiger partial charge in [-0.3, -0.25) is 4.79 Å². The van der Waals surface area contributed by atoms with Crippen LogP contribution >= 0.6 is 0 Å². The van der Waals surface area contributed by atoms with Crippen LogP contribution in [0.4, 0.5) is 0 Å². The number of nitrogens with one attached hydrogen (secondary N) is 1. The smallest absolute Gasteiger partial charge is 0.222 e. The Balaban J connectivity index is 2.15. The minimum Gasteiger partial charge on any atom is -0.497 e. The van der Waals surface area contributed by atoms with Gasteiger partial charge in [0.2, 0.25) is 5.91 Å². The standard InChI is InChI=1S/C16H19NO2/c1-11(2)16(18)17-10-12-4-5-14-9-15(19-3)7-6-13(14)8-12/h4-9,11H,10H2,1-3H3,(H,17,18). The maximum atomic E-state index is 11.5. The number of hydrogen-bond donors (Lipinski definition) is 1. The molecular formula is C16H19NO2. The normalized spacial score (nSPS) is 10.7. The molecule has 3 nitrogen and oxygen atoms in total. The van der Waals surface area contributed by atoms with E-state index in [0.29, 0.717) is 6.54 Å². The topological polar surface area (TPSA) is 38.3 Å². The lowest BCUT2D eigenvalue weighted by atomic mass is 10.1. The van der Waals surface area contributed by atoms with E-state index in [1.165, 1.54) is 0 Å². The van der Waals surface area contributed by atoms with Gasteiger partial charge in [-0.15, -0.1) is 0 Å². The molecule has 2 aromatic carbocycles. The lowest BCUT2D eigenvalue weighted by molar-refractivity contribution is -0.124. The minimum absolute atomic E-state index is 0.0183. The van der Waals surface area contributed by atoms with Gasteiger partial charge in [0.1, 0.15) is 5.75 Å². The Kier molecular flexibility index (Phi) is 4.05. The van der Waals surface area contributed by atoms with Crippen LogP contribution in [0, 0.1) is 5.92 Å². The Morgan fingerprint density at radius 2 is 1.84 bits per heavy atom. The lowest BCUT2D eigenvalue weighted by Gasteiger charge is -2.09. The Labute approximate surface area is 113 Å². The lowest BCUT2D eigenvalue weighted by Crippen LogP contribution is -2.27. The summed E-state index contributed by atoms with van der Waals surface area (Å²) < 4.78 is 5.20. The van der Waals surface area contributed by atoms with Crippen LogP contribution in [0.5, 0.6) is 5.75 Å². The molecule has 0 aliphatic rings. The molecule has 19 heavy (non-hydrogen) atoms. The minimum atomic E-state index is 0.0183. The number of hydrogen-bond acceptors (Lipinski definition) is 2. The molecule has 100 valence electrons. The molecule has 1 amide bonds. The average Bonchev–Trinajstić information content (AvgIpc) is 2.43. The van der Waals surface area contributed by atoms with E-state index >= 15 is 0 Å². The summed E-state index contributed by atoms with van der Waals surface area (Å²) in [5, 5.41) is 5.21. The number of rotatable bonds is 4. The Morgan fingerprint density at radius 1 is 1.16 bits per heavy atom. The van der Waals surface area contributed by atoms with Crippen LogP contribution in [0.15, 0.2) is 36.4 Å². The number of fused-ring (bicyclic) bond motifs is 1. The molecule has 0 radical (unpaired) electrons. The SMILES string of the molecule is COc1ccc2cc(CNC(=O)C(C)C)ccc2c1. The summed E-state index contributed by atoms with van der Waals surface area (Å²) in [5.41, 5.74) is 1.10. The van der Waals surface area contributed by atoms with Gasteiger partial charge in [0.25, 0.3) is 0 Å². The molecule has 0 aromatic heterocycles. The second kappa shape index (κ2) is 5.74. The highest BCUT2D eigenvalue weighted by Gasteiger charge is 2.06. The molecule has 2 aromatic rings. The zero-order chi connectivity index (χ0) is 13.8. The predicted molar refractivity (Wildman–Crippen MR) is 77.2 cm³/mol. The van der Waals surface area contributed by atoms with Crippen molar-refractivity contribution in [3.8, 4) is 5.75 Å². The molecule has 0 fully saturated rings. The maximum Gasteiger partial charge on any atom is 0.222 e. The predicted octanol–water partition coefficient (Wildman–Crippen LogP) is 3.12. The molecule has 0 saturated carbocycles. The van der Waals surface area contributed by atoms with Gasteiger partial charge in [-0.1, -0.05) is 32.0 Å². The fourth-order valence-electron chi connectivity index (χ4n) is 1.90. The average molecular weight is 257 g/mol. The van der Waals surface area contributed by atoms with Gasteiger partial charge < -0.3 is 10.1 Å². The summed E-state index contributed by atoms with van der Waals surface area (Å²) in [4.78, 5) is 11.5. The molecule has 0 bridgehead atoms. The van der Waals surface area contributed by atoms with Crippen molar-refractivity contribution < 1.29 is 9.53 Å². The third-order valence-corrected chi connectivity index (χ3v) is 3.10. The quantitative estimate of drug-likeness (QED) is 0.914. The fourth-order valence-corrected chi connectivity index (χ4v) is 1.90. The van der Waals surface area contributed by atoms with Crippen molar-refractivity contribution in [3.05, 3.63) is 42.0 Å². The Morgan fingerprint density at radius 3 is 2.53 bits per heavy atom. The van der Waals surface area contributed by atoms with E-state index in [0.717, 1.165) is 22.1 Å². The summed E-state index contributed by atoms with van der Waals surface area (Å²) in [7, 11) is 1.66. The first kappa shape index (κ1) is 13.4. The van der Waals surface area contributed by atoms with Gasteiger partial charge in [0, 0.05) is 12.5 Å². The number of benzene rings is 2. The number of amides is 1.